The largest absolute Gasteiger partial charge is 0.411 e. The molecule has 1 aromatic heterocycles. The lowest BCUT2D eigenvalue weighted by Gasteiger charge is -2.08. The fourth-order valence-corrected chi connectivity index (χ4v) is 1.07. The monoisotopic (exact) mass is 238 g/mol. The zero-order chi connectivity index (χ0) is 12.2. The standard InChI is InChI=1S/C8H13F3N4O/c1-15-4-6(12)7(14-15)13-2-3-16-5-8(9,10)11/h4H,2-3,5,12H2,1H3,(H,13,14). The molecule has 1 aromatic rings. The summed E-state index contributed by atoms with van der Waals surface area (Å²) in [4.78, 5) is 0. The summed E-state index contributed by atoms with van der Waals surface area (Å²) in [5.74, 6) is 0.443. The summed E-state index contributed by atoms with van der Waals surface area (Å²) in [5.41, 5.74) is 6.00. The zero-order valence-corrected chi connectivity index (χ0v) is 8.71. The van der Waals surface area contributed by atoms with Gasteiger partial charge in [0.2, 0.25) is 0 Å². The van der Waals surface area contributed by atoms with Crippen LogP contribution in [0.1, 0.15) is 0 Å². The summed E-state index contributed by atoms with van der Waals surface area (Å²) < 4.78 is 41.0. The number of nitrogens with one attached hydrogen (secondary N) is 1. The second-order valence-electron chi connectivity index (χ2n) is 3.20. The van der Waals surface area contributed by atoms with Crippen molar-refractivity contribution in [1.29, 1.82) is 0 Å². The lowest BCUT2D eigenvalue weighted by Crippen LogP contribution is -2.20. The maximum absolute atomic E-state index is 11.7. The second-order valence-corrected chi connectivity index (χ2v) is 3.20. The molecule has 0 spiro atoms. The number of anilines is 2. The van der Waals surface area contributed by atoms with E-state index in [0.717, 1.165) is 0 Å². The van der Waals surface area contributed by atoms with Crippen molar-refractivity contribution in [3.05, 3.63) is 6.20 Å². The quantitative estimate of drug-likeness (QED) is 0.751. The normalized spacial score (nSPS) is 11.8. The second kappa shape index (κ2) is 5.06. The Morgan fingerprint density at radius 1 is 1.56 bits per heavy atom. The van der Waals surface area contributed by atoms with E-state index in [2.05, 4.69) is 15.2 Å². The van der Waals surface area contributed by atoms with Gasteiger partial charge in [-0.3, -0.25) is 4.68 Å². The van der Waals surface area contributed by atoms with E-state index in [1.165, 1.54) is 4.68 Å². The van der Waals surface area contributed by atoms with Gasteiger partial charge >= 0.3 is 6.18 Å². The van der Waals surface area contributed by atoms with Crippen LogP contribution in [0.2, 0.25) is 0 Å². The highest BCUT2D eigenvalue weighted by Gasteiger charge is 2.27. The van der Waals surface area contributed by atoms with Crippen molar-refractivity contribution in [3.63, 3.8) is 0 Å². The summed E-state index contributed by atoms with van der Waals surface area (Å²) in [6.07, 6.45) is -2.69. The number of ether oxygens (including phenoxy) is 1. The summed E-state index contributed by atoms with van der Waals surface area (Å²) in [6, 6.07) is 0. The van der Waals surface area contributed by atoms with Crippen LogP contribution < -0.4 is 11.1 Å². The van der Waals surface area contributed by atoms with E-state index < -0.39 is 12.8 Å². The van der Waals surface area contributed by atoms with Crippen molar-refractivity contribution >= 4 is 11.5 Å². The van der Waals surface area contributed by atoms with Crippen molar-refractivity contribution in [1.82, 2.24) is 9.78 Å². The molecule has 16 heavy (non-hydrogen) atoms. The third kappa shape index (κ3) is 4.39. The van der Waals surface area contributed by atoms with Crippen LogP contribution in [-0.2, 0) is 11.8 Å². The van der Waals surface area contributed by atoms with Gasteiger partial charge in [-0.2, -0.15) is 18.3 Å². The van der Waals surface area contributed by atoms with E-state index in [1.807, 2.05) is 0 Å². The number of nitrogen functional groups attached to an aromatic ring is 1. The number of aromatic nitrogens is 2. The molecule has 1 heterocycles. The number of hydrogen-bond acceptors (Lipinski definition) is 4. The molecule has 1 rings (SSSR count). The topological polar surface area (TPSA) is 65.1 Å². The predicted molar refractivity (Wildman–Crippen MR) is 53.0 cm³/mol. The average Bonchev–Trinajstić information content (AvgIpc) is 2.42. The van der Waals surface area contributed by atoms with Gasteiger partial charge in [0.1, 0.15) is 6.61 Å². The number of aryl methyl sites for hydroxylation is 1. The van der Waals surface area contributed by atoms with Crippen LogP contribution in [0.5, 0.6) is 0 Å². The number of nitrogens with two attached hydrogens (primary N) is 1. The molecule has 0 aliphatic heterocycles. The number of halogens is 3. The lowest BCUT2D eigenvalue weighted by atomic mass is 10.5. The van der Waals surface area contributed by atoms with Crippen molar-refractivity contribution in [3.8, 4) is 0 Å². The van der Waals surface area contributed by atoms with Gasteiger partial charge in [0, 0.05) is 19.8 Å². The van der Waals surface area contributed by atoms with Gasteiger partial charge in [0.05, 0.1) is 12.3 Å². The molecule has 3 N–H and O–H groups in total. The summed E-state index contributed by atoms with van der Waals surface area (Å²) in [5, 5.41) is 6.73. The lowest BCUT2D eigenvalue weighted by molar-refractivity contribution is -0.172. The Morgan fingerprint density at radius 3 is 2.75 bits per heavy atom. The van der Waals surface area contributed by atoms with Gasteiger partial charge in [0.25, 0.3) is 0 Å². The van der Waals surface area contributed by atoms with Gasteiger partial charge in [-0.05, 0) is 0 Å². The third-order valence-corrected chi connectivity index (χ3v) is 1.66. The van der Waals surface area contributed by atoms with E-state index >= 15 is 0 Å². The Labute approximate surface area is 90.4 Å². The number of rotatable bonds is 5. The van der Waals surface area contributed by atoms with Crippen molar-refractivity contribution in [2.45, 2.75) is 6.18 Å². The summed E-state index contributed by atoms with van der Waals surface area (Å²) in [6.45, 7) is -1.08. The molecule has 0 aliphatic rings. The molecule has 0 radical (unpaired) electrons. The first-order valence-corrected chi connectivity index (χ1v) is 4.56. The number of nitrogens with zero attached hydrogens (tertiary/aromatic N) is 2. The van der Waals surface area contributed by atoms with Crippen LogP contribution in [0.15, 0.2) is 6.20 Å². The van der Waals surface area contributed by atoms with E-state index in [0.29, 0.717) is 11.5 Å². The first-order chi connectivity index (χ1) is 7.38. The van der Waals surface area contributed by atoms with E-state index in [-0.39, 0.29) is 13.2 Å². The zero-order valence-electron chi connectivity index (χ0n) is 8.71. The Bertz CT molecular complexity index is 337. The van der Waals surface area contributed by atoms with Gasteiger partial charge in [-0.1, -0.05) is 0 Å². The fraction of sp³-hybridized carbons (Fsp3) is 0.625. The number of alkyl halides is 3. The van der Waals surface area contributed by atoms with Gasteiger partial charge in [0.15, 0.2) is 5.82 Å². The van der Waals surface area contributed by atoms with Gasteiger partial charge in [-0.15, -0.1) is 0 Å². The Hall–Kier alpha value is -1.44. The molecule has 0 unspecified atom stereocenters. The molecular formula is C8H13F3N4O. The Morgan fingerprint density at radius 2 is 2.25 bits per heavy atom. The summed E-state index contributed by atoms with van der Waals surface area (Å²) in [7, 11) is 1.70. The first-order valence-electron chi connectivity index (χ1n) is 4.56. The Balaban J connectivity index is 2.19. The molecule has 92 valence electrons. The minimum atomic E-state index is -4.29. The number of hydrogen-bond donors (Lipinski definition) is 2. The molecule has 0 bridgehead atoms. The van der Waals surface area contributed by atoms with Crippen LogP contribution in [0.4, 0.5) is 24.7 Å². The minimum Gasteiger partial charge on any atom is -0.394 e. The first kappa shape index (κ1) is 12.6. The summed E-state index contributed by atoms with van der Waals surface area (Å²) >= 11 is 0. The SMILES string of the molecule is Cn1cc(N)c(NCCOCC(F)(F)F)n1. The van der Waals surface area contributed by atoms with E-state index in [9.17, 15) is 13.2 Å². The highest BCUT2D eigenvalue weighted by molar-refractivity contribution is 5.59. The maximum atomic E-state index is 11.7. The van der Waals surface area contributed by atoms with Crippen LogP contribution >= 0.6 is 0 Å². The van der Waals surface area contributed by atoms with Crippen LogP contribution in [0, 0.1) is 0 Å². The van der Waals surface area contributed by atoms with E-state index in [1.54, 1.807) is 13.2 Å². The highest BCUT2D eigenvalue weighted by Crippen LogP contribution is 2.15. The molecule has 0 aromatic carbocycles. The van der Waals surface area contributed by atoms with Gasteiger partial charge in [-0.25, -0.2) is 0 Å². The molecule has 5 nitrogen and oxygen atoms in total. The van der Waals surface area contributed by atoms with Crippen molar-refractivity contribution < 1.29 is 17.9 Å². The van der Waals surface area contributed by atoms with E-state index in [4.69, 9.17) is 5.73 Å². The van der Waals surface area contributed by atoms with Crippen molar-refractivity contribution in [2.75, 3.05) is 30.8 Å². The third-order valence-electron chi connectivity index (χ3n) is 1.66. The fourth-order valence-electron chi connectivity index (χ4n) is 1.07. The molecule has 0 atom stereocenters. The molecule has 0 saturated carbocycles. The molecule has 0 fully saturated rings. The molecule has 0 amide bonds. The van der Waals surface area contributed by atoms with Crippen LogP contribution in [-0.4, -0.2) is 35.7 Å². The van der Waals surface area contributed by atoms with Crippen LogP contribution in [0.3, 0.4) is 0 Å². The smallest absolute Gasteiger partial charge is 0.394 e. The molecule has 8 heteroatoms. The van der Waals surface area contributed by atoms with Crippen molar-refractivity contribution in [2.24, 2.45) is 7.05 Å². The Kier molecular flexibility index (Phi) is 3.99. The highest BCUT2D eigenvalue weighted by atomic mass is 19.4. The molecule has 0 aliphatic carbocycles. The molecule has 0 saturated heterocycles. The minimum absolute atomic E-state index is 0.0600. The van der Waals surface area contributed by atoms with Gasteiger partial charge < -0.3 is 15.8 Å². The average molecular weight is 238 g/mol. The molecular weight excluding hydrogens is 225 g/mol. The predicted octanol–water partition coefficient (Wildman–Crippen LogP) is 0.993. The maximum Gasteiger partial charge on any atom is 0.411 e. The van der Waals surface area contributed by atoms with Crippen LogP contribution in [0.25, 0.3) is 0 Å².